The number of nitrogens with one attached hydrogen (secondary N) is 1. The van der Waals surface area contributed by atoms with Crippen LogP contribution in [0.2, 0.25) is 10.0 Å². The number of pyridine rings is 1. The molecule has 9 nitrogen and oxygen atoms in total. The molecule has 3 rings (SSSR count). The molecule has 0 saturated heterocycles. The van der Waals surface area contributed by atoms with Gasteiger partial charge in [0.15, 0.2) is 0 Å². The van der Waals surface area contributed by atoms with E-state index in [1.807, 2.05) is 4.57 Å². The fourth-order valence-corrected chi connectivity index (χ4v) is 4.12. The molecule has 180 valence electrons. The summed E-state index contributed by atoms with van der Waals surface area (Å²) in [6.07, 6.45) is 3.94. The molecule has 1 aromatic carbocycles. The van der Waals surface area contributed by atoms with Crippen molar-refractivity contribution in [3.8, 4) is 11.1 Å². The Balaban J connectivity index is 1.84. The number of nitrogens with two attached hydrogens (primary N) is 1. The second-order valence-corrected chi connectivity index (χ2v) is 9.81. The van der Waals surface area contributed by atoms with Crippen molar-refractivity contribution < 1.29 is 14.8 Å². The number of anilines is 2. The maximum absolute atomic E-state index is 11.9. The summed E-state index contributed by atoms with van der Waals surface area (Å²) in [7, 11) is 0. The van der Waals surface area contributed by atoms with Crippen molar-refractivity contribution in [2.75, 3.05) is 11.1 Å². The highest BCUT2D eigenvalue weighted by Crippen LogP contribution is 2.34. The van der Waals surface area contributed by atoms with Gasteiger partial charge < -0.3 is 20.7 Å². The molecule has 2 heterocycles. The van der Waals surface area contributed by atoms with E-state index in [1.165, 1.54) is 12.1 Å². The lowest BCUT2D eigenvalue weighted by atomic mass is 9.84. The summed E-state index contributed by atoms with van der Waals surface area (Å²) in [5.41, 5.74) is 6.48. The minimum absolute atomic E-state index is 0.0981. The summed E-state index contributed by atoms with van der Waals surface area (Å²) >= 11 is 12.3. The van der Waals surface area contributed by atoms with Crippen LogP contribution in [0.1, 0.15) is 37.6 Å². The summed E-state index contributed by atoms with van der Waals surface area (Å²) in [5, 5.41) is 24.8. The van der Waals surface area contributed by atoms with E-state index in [-0.39, 0.29) is 28.5 Å². The molecule has 34 heavy (non-hydrogen) atoms. The number of hydrogen-bond donors (Lipinski definition) is 3. The number of halogens is 2. The van der Waals surface area contributed by atoms with E-state index in [1.54, 1.807) is 30.6 Å². The molecule has 11 heteroatoms. The van der Waals surface area contributed by atoms with Gasteiger partial charge in [0.25, 0.3) is 0 Å². The predicted molar refractivity (Wildman–Crippen MR) is 134 cm³/mol. The Labute approximate surface area is 206 Å². The van der Waals surface area contributed by atoms with Crippen molar-refractivity contribution in [1.29, 1.82) is 0 Å². The van der Waals surface area contributed by atoms with Crippen LogP contribution in [0.15, 0.2) is 42.7 Å². The zero-order valence-electron chi connectivity index (χ0n) is 18.9. The molecule has 0 fully saturated rings. The van der Waals surface area contributed by atoms with Crippen molar-refractivity contribution in [2.45, 2.75) is 39.8 Å². The monoisotopic (exact) mass is 505 g/mol. The number of nitro groups is 1. The molecule has 0 amide bonds. The van der Waals surface area contributed by atoms with Crippen LogP contribution >= 0.6 is 23.2 Å². The lowest BCUT2D eigenvalue weighted by Gasteiger charge is -2.32. The Morgan fingerprint density at radius 3 is 2.50 bits per heavy atom. The third-order valence-corrected chi connectivity index (χ3v) is 6.02. The average molecular weight is 506 g/mol. The van der Waals surface area contributed by atoms with Gasteiger partial charge in [0, 0.05) is 52.2 Å². The zero-order valence-corrected chi connectivity index (χ0v) is 20.4. The first-order chi connectivity index (χ1) is 15.9. The predicted octanol–water partition coefficient (Wildman–Crippen LogP) is 5.96. The van der Waals surface area contributed by atoms with Crippen LogP contribution < -0.4 is 11.1 Å². The van der Waals surface area contributed by atoms with Crippen molar-refractivity contribution in [2.24, 2.45) is 5.41 Å². The first-order valence-electron chi connectivity index (χ1n) is 10.4. The molecule has 0 radical (unpaired) electrons. The van der Waals surface area contributed by atoms with Crippen LogP contribution in [-0.4, -0.2) is 31.6 Å². The average Bonchev–Trinajstić information content (AvgIpc) is 3.14. The molecular weight excluding hydrogens is 481 g/mol. The summed E-state index contributed by atoms with van der Waals surface area (Å²) in [5.74, 6) is -0.796. The van der Waals surface area contributed by atoms with Crippen LogP contribution in [0.4, 0.5) is 17.3 Å². The third kappa shape index (κ3) is 5.78. The second-order valence-electron chi connectivity index (χ2n) is 8.96. The molecule has 3 aromatic rings. The maximum Gasteiger partial charge on any atom is 0.337 e. The van der Waals surface area contributed by atoms with Crippen LogP contribution in [0.5, 0.6) is 0 Å². The highest BCUT2D eigenvalue weighted by atomic mass is 35.5. The second kappa shape index (κ2) is 9.90. The van der Waals surface area contributed by atoms with Gasteiger partial charge in [-0.3, -0.25) is 10.1 Å². The number of carboxylic acids is 1. The fourth-order valence-electron chi connectivity index (χ4n) is 3.61. The Morgan fingerprint density at radius 1 is 1.24 bits per heavy atom. The number of aromatic nitrogens is 2. The number of aryl methyl sites for hydroxylation is 1. The van der Waals surface area contributed by atoms with Gasteiger partial charge in [0.05, 0.1) is 10.5 Å². The van der Waals surface area contributed by atoms with Crippen LogP contribution in [0, 0.1) is 15.5 Å². The highest BCUT2D eigenvalue weighted by Gasteiger charge is 2.26. The number of hydrogen-bond acceptors (Lipinski definition) is 6. The Morgan fingerprint density at radius 2 is 1.94 bits per heavy atom. The largest absolute Gasteiger partial charge is 0.478 e. The quantitative estimate of drug-likeness (QED) is 0.253. The van der Waals surface area contributed by atoms with E-state index in [0.717, 1.165) is 0 Å². The molecule has 0 bridgehead atoms. The maximum atomic E-state index is 11.9. The first kappa shape index (κ1) is 25.3. The van der Waals surface area contributed by atoms with Gasteiger partial charge in [-0.25, -0.2) is 9.78 Å². The molecule has 1 atom stereocenters. The van der Waals surface area contributed by atoms with E-state index in [0.29, 0.717) is 40.0 Å². The van der Waals surface area contributed by atoms with E-state index in [9.17, 15) is 20.0 Å². The van der Waals surface area contributed by atoms with Crippen LogP contribution in [-0.2, 0) is 6.54 Å². The molecule has 0 spiro atoms. The standard InChI is InChI=1S/C23H25Cl2N5O4/c1-23(2,3)19(27-20-7-6-18(30(33)34)21(26)28-20)8-9-29-11-15(16(12-29)22(31)32)14-5-4-13(24)10-17(14)25/h4-7,10-12,19H,8-9H2,1-3H3,(H,31,32)(H3,26,27,28). The van der Waals surface area contributed by atoms with Gasteiger partial charge in [0.1, 0.15) is 5.82 Å². The fraction of sp³-hybridized carbons (Fsp3) is 0.304. The van der Waals surface area contributed by atoms with Crippen molar-refractivity contribution in [3.05, 3.63) is 68.4 Å². The molecule has 0 saturated carbocycles. The molecule has 0 aliphatic rings. The summed E-state index contributed by atoms with van der Waals surface area (Å²) in [4.78, 5) is 26.4. The van der Waals surface area contributed by atoms with Gasteiger partial charge in [-0.15, -0.1) is 0 Å². The van der Waals surface area contributed by atoms with Crippen LogP contribution in [0.3, 0.4) is 0 Å². The van der Waals surface area contributed by atoms with Gasteiger partial charge >= 0.3 is 11.7 Å². The summed E-state index contributed by atoms with van der Waals surface area (Å²) < 4.78 is 1.81. The topological polar surface area (TPSA) is 136 Å². The van der Waals surface area contributed by atoms with Crippen LogP contribution in [0.25, 0.3) is 11.1 Å². The lowest BCUT2D eigenvalue weighted by molar-refractivity contribution is -0.384. The van der Waals surface area contributed by atoms with Crippen molar-refractivity contribution in [1.82, 2.24) is 9.55 Å². The number of rotatable bonds is 8. The Kier molecular flexibility index (Phi) is 7.38. The zero-order chi connectivity index (χ0) is 25.2. The number of aromatic carboxylic acids is 1. The molecule has 0 aliphatic carbocycles. The molecule has 4 N–H and O–H groups in total. The number of benzene rings is 1. The number of carbonyl (C=O) groups is 1. The SMILES string of the molecule is CC(C)(C)C(CCn1cc(C(=O)O)c(-c2ccc(Cl)cc2Cl)c1)Nc1ccc([N+](=O)[O-])c(N)n1. The van der Waals surface area contributed by atoms with Gasteiger partial charge in [-0.05, 0) is 30.0 Å². The Bertz CT molecular complexity index is 1240. The first-order valence-corrected chi connectivity index (χ1v) is 11.2. The molecule has 2 aromatic heterocycles. The minimum atomic E-state index is -1.06. The van der Waals surface area contributed by atoms with E-state index in [2.05, 4.69) is 31.1 Å². The molecular formula is C23H25Cl2N5O4. The number of nitrogens with zero attached hydrogens (tertiary/aromatic N) is 3. The lowest BCUT2D eigenvalue weighted by Crippen LogP contribution is -2.35. The third-order valence-electron chi connectivity index (χ3n) is 5.47. The minimum Gasteiger partial charge on any atom is -0.478 e. The van der Waals surface area contributed by atoms with Gasteiger partial charge in [-0.1, -0.05) is 50.0 Å². The smallest absolute Gasteiger partial charge is 0.337 e. The molecule has 0 aliphatic heterocycles. The number of nitrogen functional groups attached to an aromatic ring is 1. The van der Waals surface area contributed by atoms with Gasteiger partial charge in [-0.2, -0.15) is 0 Å². The number of carboxylic acid groups (broad SMARTS) is 1. The van der Waals surface area contributed by atoms with E-state index >= 15 is 0 Å². The van der Waals surface area contributed by atoms with E-state index < -0.39 is 10.9 Å². The molecule has 1 unspecified atom stereocenters. The van der Waals surface area contributed by atoms with Crippen molar-refractivity contribution in [3.63, 3.8) is 0 Å². The van der Waals surface area contributed by atoms with E-state index in [4.69, 9.17) is 28.9 Å². The van der Waals surface area contributed by atoms with Crippen molar-refractivity contribution >= 4 is 46.5 Å². The Hall–Kier alpha value is -3.30. The summed E-state index contributed by atoms with van der Waals surface area (Å²) in [6.45, 7) is 6.66. The normalized spacial score (nSPS) is 12.4. The van der Waals surface area contributed by atoms with Gasteiger partial charge in [0.2, 0.25) is 5.82 Å². The summed E-state index contributed by atoms with van der Waals surface area (Å²) in [6, 6.07) is 7.67. The highest BCUT2D eigenvalue weighted by molar-refractivity contribution is 6.36.